The monoisotopic (exact) mass is 284 g/mol. The molecule has 21 heavy (non-hydrogen) atoms. The number of anilines is 1. The quantitative estimate of drug-likeness (QED) is 0.867. The maximum absolute atomic E-state index is 8.99. The fourth-order valence-corrected chi connectivity index (χ4v) is 2.34. The van der Waals surface area contributed by atoms with Crippen LogP contribution in [0.1, 0.15) is 25.5 Å². The van der Waals surface area contributed by atoms with Crippen LogP contribution in [0.25, 0.3) is 10.9 Å². The molecule has 0 atom stereocenters. The van der Waals surface area contributed by atoms with Gasteiger partial charge in [0, 0.05) is 23.7 Å². The van der Waals surface area contributed by atoms with Crippen LogP contribution in [0.4, 0.5) is 5.95 Å². The van der Waals surface area contributed by atoms with Crippen molar-refractivity contribution in [1.29, 1.82) is 5.26 Å². The molecule has 108 valence electrons. The summed E-state index contributed by atoms with van der Waals surface area (Å²) in [6.07, 6.45) is 3.52. The average Bonchev–Trinajstić information content (AvgIpc) is 2.46. The van der Waals surface area contributed by atoms with E-state index in [1.165, 1.54) is 0 Å². The lowest BCUT2D eigenvalue weighted by molar-refractivity contribution is 0.330. The van der Waals surface area contributed by atoms with Crippen LogP contribution in [0.3, 0.4) is 0 Å². The van der Waals surface area contributed by atoms with E-state index in [1.807, 2.05) is 13.0 Å². The molecular formula is C14H16N6O. The summed E-state index contributed by atoms with van der Waals surface area (Å²) in [6, 6.07) is 4.25. The number of aromatic nitrogens is 3. The van der Waals surface area contributed by atoms with E-state index in [-0.39, 0.29) is 6.04 Å². The predicted octanol–water partition coefficient (Wildman–Crippen LogP) is 1.20. The van der Waals surface area contributed by atoms with Crippen molar-refractivity contribution in [1.82, 2.24) is 15.0 Å². The van der Waals surface area contributed by atoms with E-state index < -0.39 is 0 Å². The number of hydrogen-bond donors (Lipinski definition) is 2. The summed E-state index contributed by atoms with van der Waals surface area (Å²) in [4.78, 5) is 12.9. The fourth-order valence-electron chi connectivity index (χ4n) is 2.34. The van der Waals surface area contributed by atoms with Crippen molar-refractivity contribution in [3.8, 4) is 11.9 Å². The average molecular weight is 284 g/mol. The molecule has 0 spiro atoms. The Hall–Kier alpha value is -2.46. The van der Waals surface area contributed by atoms with Crippen LogP contribution >= 0.6 is 0 Å². The van der Waals surface area contributed by atoms with Crippen molar-refractivity contribution in [2.75, 3.05) is 11.9 Å². The van der Waals surface area contributed by atoms with Gasteiger partial charge in [0.2, 0.25) is 11.8 Å². The molecule has 2 heterocycles. The minimum Gasteiger partial charge on any atom is -0.476 e. The summed E-state index contributed by atoms with van der Waals surface area (Å²) in [5.41, 5.74) is 6.67. The van der Waals surface area contributed by atoms with E-state index in [2.05, 4.69) is 20.3 Å². The van der Waals surface area contributed by atoms with Gasteiger partial charge in [-0.25, -0.2) is 15.0 Å². The van der Waals surface area contributed by atoms with Crippen LogP contribution < -0.4 is 15.8 Å². The number of pyridine rings is 1. The van der Waals surface area contributed by atoms with Crippen molar-refractivity contribution in [2.24, 2.45) is 5.73 Å². The Balaban J connectivity index is 1.95. The molecule has 0 bridgehead atoms. The van der Waals surface area contributed by atoms with Gasteiger partial charge in [0.25, 0.3) is 0 Å². The summed E-state index contributed by atoms with van der Waals surface area (Å²) in [5, 5.41) is 13.0. The molecule has 0 saturated heterocycles. The minimum absolute atomic E-state index is 0.266. The first-order valence-electron chi connectivity index (χ1n) is 6.92. The first-order chi connectivity index (χ1) is 10.2. The Morgan fingerprint density at radius 3 is 2.95 bits per heavy atom. The van der Waals surface area contributed by atoms with Crippen LogP contribution in [-0.4, -0.2) is 33.6 Å². The zero-order valence-corrected chi connectivity index (χ0v) is 11.7. The van der Waals surface area contributed by atoms with Crippen molar-refractivity contribution in [2.45, 2.75) is 31.8 Å². The number of nitrogens with two attached hydrogens (primary N) is 1. The second kappa shape index (κ2) is 5.50. The topological polar surface area (TPSA) is 110 Å². The molecule has 2 aromatic heterocycles. The first kappa shape index (κ1) is 13.5. The molecule has 1 saturated carbocycles. The third kappa shape index (κ3) is 2.71. The summed E-state index contributed by atoms with van der Waals surface area (Å²) in [5.74, 6) is 0.897. The molecule has 3 rings (SSSR count). The molecule has 3 N–H and O–H groups in total. The van der Waals surface area contributed by atoms with Gasteiger partial charge in [0.05, 0.1) is 6.61 Å². The second-order valence-electron chi connectivity index (χ2n) is 5.06. The Labute approximate surface area is 122 Å². The maximum atomic E-state index is 8.99. The lowest BCUT2D eigenvalue weighted by atomic mass is 9.88. The van der Waals surface area contributed by atoms with Crippen molar-refractivity contribution in [3.63, 3.8) is 0 Å². The van der Waals surface area contributed by atoms with Gasteiger partial charge in [0.15, 0.2) is 0 Å². The molecule has 0 aliphatic heterocycles. The van der Waals surface area contributed by atoms with E-state index in [4.69, 9.17) is 15.7 Å². The van der Waals surface area contributed by atoms with Gasteiger partial charge in [0.1, 0.15) is 17.3 Å². The number of ether oxygens (including phenoxy) is 1. The van der Waals surface area contributed by atoms with E-state index in [0.29, 0.717) is 35.7 Å². The lowest BCUT2D eigenvalue weighted by Gasteiger charge is -2.32. The normalized spacial score (nSPS) is 20.6. The molecule has 1 fully saturated rings. The van der Waals surface area contributed by atoms with Crippen molar-refractivity contribution in [3.05, 3.63) is 18.0 Å². The number of fused-ring (bicyclic) bond motifs is 1. The van der Waals surface area contributed by atoms with Gasteiger partial charge in [-0.05, 0) is 25.8 Å². The van der Waals surface area contributed by atoms with Crippen LogP contribution in [-0.2, 0) is 0 Å². The molecule has 0 amide bonds. The number of rotatable bonds is 4. The summed E-state index contributed by atoms with van der Waals surface area (Å²) in [7, 11) is 0. The Kier molecular flexibility index (Phi) is 3.54. The van der Waals surface area contributed by atoms with Gasteiger partial charge in [-0.2, -0.15) is 5.26 Å². The van der Waals surface area contributed by atoms with Gasteiger partial charge >= 0.3 is 0 Å². The molecule has 7 nitrogen and oxygen atoms in total. The highest BCUT2D eigenvalue weighted by atomic mass is 16.5. The Bertz CT molecular complexity index is 704. The number of nitriles is 1. The second-order valence-corrected chi connectivity index (χ2v) is 5.06. The zero-order valence-electron chi connectivity index (χ0n) is 11.7. The number of nitrogens with one attached hydrogen (secondary N) is 1. The zero-order chi connectivity index (χ0) is 14.8. The number of nitrogens with zero attached hydrogens (tertiary/aromatic N) is 4. The third-order valence-electron chi connectivity index (χ3n) is 3.44. The SMILES string of the molecule is CCOc1nc(C#N)cc2cnc(N[C@H]3C[C@H](N)C3)nc12. The molecule has 1 aliphatic carbocycles. The van der Waals surface area contributed by atoms with Gasteiger partial charge in [-0.15, -0.1) is 0 Å². The van der Waals surface area contributed by atoms with E-state index in [0.717, 1.165) is 18.2 Å². The third-order valence-corrected chi connectivity index (χ3v) is 3.44. The minimum atomic E-state index is 0.266. The van der Waals surface area contributed by atoms with Gasteiger partial charge < -0.3 is 15.8 Å². The highest BCUT2D eigenvalue weighted by Gasteiger charge is 2.26. The maximum Gasteiger partial charge on any atom is 0.242 e. The first-order valence-corrected chi connectivity index (χ1v) is 6.92. The molecule has 0 aromatic carbocycles. The van der Waals surface area contributed by atoms with E-state index in [9.17, 15) is 0 Å². The van der Waals surface area contributed by atoms with Crippen LogP contribution in [0.2, 0.25) is 0 Å². The molecule has 0 radical (unpaired) electrons. The van der Waals surface area contributed by atoms with Crippen LogP contribution in [0.15, 0.2) is 12.3 Å². The Morgan fingerprint density at radius 2 is 2.29 bits per heavy atom. The fraction of sp³-hybridized carbons (Fsp3) is 0.429. The molecule has 1 aliphatic rings. The standard InChI is InChI=1S/C14H16N6O/c1-2-21-13-12-8(3-11(6-15)18-13)7-17-14(20-12)19-10-4-9(16)5-10/h3,7,9-10H,2,4-5,16H2,1H3,(H,17,19,20)/t9-,10-. The van der Waals surface area contributed by atoms with Crippen LogP contribution in [0.5, 0.6) is 5.88 Å². The van der Waals surface area contributed by atoms with Crippen molar-refractivity contribution >= 4 is 16.9 Å². The summed E-state index contributed by atoms with van der Waals surface area (Å²) < 4.78 is 5.48. The number of hydrogen-bond acceptors (Lipinski definition) is 7. The lowest BCUT2D eigenvalue weighted by Crippen LogP contribution is -2.44. The Morgan fingerprint density at radius 1 is 1.48 bits per heavy atom. The molecule has 2 aromatic rings. The van der Waals surface area contributed by atoms with E-state index >= 15 is 0 Å². The highest BCUT2D eigenvalue weighted by molar-refractivity contribution is 5.84. The predicted molar refractivity (Wildman–Crippen MR) is 77.8 cm³/mol. The molecule has 7 heteroatoms. The summed E-state index contributed by atoms with van der Waals surface area (Å²) in [6.45, 7) is 2.32. The largest absolute Gasteiger partial charge is 0.476 e. The summed E-state index contributed by atoms with van der Waals surface area (Å²) >= 11 is 0. The van der Waals surface area contributed by atoms with Crippen LogP contribution in [0, 0.1) is 11.3 Å². The smallest absolute Gasteiger partial charge is 0.242 e. The van der Waals surface area contributed by atoms with Gasteiger partial charge in [-0.1, -0.05) is 0 Å². The van der Waals surface area contributed by atoms with Gasteiger partial charge in [-0.3, -0.25) is 0 Å². The highest BCUT2D eigenvalue weighted by Crippen LogP contribution is 2.25. The molecule has 0 unspecified atom stereocenters. The molecular weight excluding hydrogens is 268 g/mol. The van der Waals surface area contributed by atoms with Crippen molar-refractivity contribution < 1.29 is 4.74 Å². The van der Waals surface area contributed by atoms with E-state index in [1.54, 1.807) is 12.3 Å².